The van der Waals surface area contributed by atoms with Gasteiger partial charge in [0.05, 0.1) is 30.6 Å². The van der Waals surface area contributed by atoms with E-state index in [9.17, 15) is 0 Å². The second-order valence-corrected chi connectivity index (χ2v) is 5.36. The van der Waals surface area contributed by atoms with Crippen molar-refractivity contribution < 1.29 is 0 Å². The van der Waals surface area contributed by atoms with Crippen LogP contribution in [0, 0.1) is 0 Å². The average Bonchev–Trinajstić information content (AvgIpc) is 2.97. The van der Waals surface area contributed by atoms with Crippen LogP contribution in [-0.4, -0.2) is 19.1 Å². The molecule has 0 saturated carbocycles. The molecule has 0 N–H and O–H groups in total. The van der Waals surface area contributed by atoms with Gasteiger partial charge in [-0.3, -0.25) is 0 Å². The monoisotopic (exact) mass is 244 g/mol. The summed E-state index contributed by atoms with van der Waals surface area (Å²) in [6.07, 6.45) is 10.8. The third kappa shape index (κ3) is 1.96. The molecular weight excluding hydrogens is 224 g/mol. The number of rotatable bonds is 3. The summed E-state index contributed by atoms with van der Waals surface area (Å²) in [5.41, 5.74) is 3.99. The van der Waals surface area contributed by atoms with E-state index in [0.717, 1.165) is 13.0 Å². The zero-order valence-corrected chi connectivity index (χ0v) is 11.1. The Morgan fingerprint density at radius 2 is 2.06 bits per heavy atom. The van der Waals surface area contributed by atoms with Crippen LogP contribution in [0.25, 0.3) is 0 Å². The van der Waals surface area contributed by atoms with Gasteiger partial charge in [0, 0.05) is 17.9 Å². The molecule has 0 radical (unpaired) electrons. The van der Waals surface area contributed by atoms with Gasteiger partial charge in [-0.1, -0.05) is 0 Å². The van der Waals surface area contributed by atoms with Crippen LogP contribution in [0.4, 0.5) is 0 Å². The van der Waals surface area contributed by atoms with Crippen molar-refractivity contribution in [1.82, 2.24) is 19.1 Å². The van der Waals surface area contributed by atoms with Crippen molar-refractivity contribution in [2.75, 3.05) is 0 Å². The predicted molar refractivity (Wildman–Crippen MR) is 70.6 cm³/mol. The lowest BCUT2D eigenvalue weighted by Gasteiger charge is -2.16. The van der Waals surface area contributed by atoms with Crippen molar-refractivity contribution >= 4 is 0 Å². The number of nitrogens with zero attached hydrogens (tertiary/aromatic N) is 4. The van der Waals surface area contributed by atoms with Gasteiger partial charge >= 0.3 is 0 Å². The van der Waals surface area contributed by atoms with Crippen molar-refractivity contribution in [2.45, 2.75) is 52.1 Å². The number of hydrogen-bond acceptors (Lipinski definition) is 2. The second kappa shape index (κ2) is 4.59. The number of fused-ring (bicyclic) bond motifs is 1. The van der Waals surface area contributed by atoms with E-state index in [1.54, 1.807) is 0 Å². The molecule has 4 nitrogen and oxygen atoms in total. The molecule has 4 heteroatoms. The van der Waals surface area contributed by atoms with Gasteiger partial charge < -0.3 is 9.13 Å². The summed E-state index contributed by atoms with van der Waals surface area (Å²) in [4.78, 5) is 8.81. The van der Waals surface area contributed by atoms with Gasteiger partial charge in [-0.05, 0) is 39.5 Å². The number of imidazole rings is 2. The molecule has 0 amide bonds. The maximum Gasteiger partial charge on any atom is 0.0955 e. The molecule has 0 atom stereocenters. The number of aryl methyl sites for hydroxylation is 1. The van der Waals surface area contributed by atoms with Crippen LogP contribution >= 0.6 is 0 Å². The number of hydrogen-bond donors (Lipinski definition) is 0. The van der Waals surface area contributed by atoms with Gasteiger partial charge in [0.15, 0.2) is 0 Å². The lowest BCUT2D eigenvalue weighted by atomic mass is 10.0. The molecule has 0 bridgehead atoms. The number of aromatic nitrogens is 4. The Labute approximate surface area is 108 Å². The van der Waals surface area contributed by atoms with Gasteiger partial charge in [-0.25, -0.2) is 9.97 Å². The zero-order valence-electron chi connectivity index (χ0n) is 11.1. The summed E-state index contributed by atoms with van der Waals surface area (Å²) in [6.45, 7) is 5.27. The van der Waals surface area contributed by atoms with E-state index in [1.165, 1.54) is 36.3 Å². The molecule has 0 aliphatic heterocycles. The second-order valence-electron chi connectivity index (χ2n) is 5.36. The Morgan fingerprint density at radius 3 is 2.89 bits per heavy atom. The van der Waals surface area contributed by atoms with Gasteiger partial charge in [0.2, 0.25) is 0 Å². The predicted octanol–water partition coefficient (Wildman–Crippen LogP) is 2.59. The Morgan fingerprint density at radius 1 is 1.22 bits per heavy atom. The fraction of sp³-hybridized carbons (Fsp3) is 0.571. The quantitative estimate of drug-likeness (QED) is 0.832. The Balaban J connectivity index is 1.88. The first-order valence-electron chi connectivity index (χ1n) is 6.79. The van der Waals surface area contributed by atoms with Crippen molar-refractivity contribution in [3.05, 3.63) is 35.9 Å². The van der Waals surface area contributed by atoms with Crippen LogP contribution in [-0.2, 0) is 19.4 Å². The fourth-order valence-corrected chi connectivity index (χ4v) is 2.76. The highest BCUT2D eigenvalue weighted by Crippen LogP contribution is 2.21. The molecule has 2 aromatic rings. The van der Waals surface area contributed by atoms with E-state index >= 15 is 0 Å². The lowest BCUT2D eigenvalue weighted by Crippen LogP contribution is -2.12. The molecule has 0 unspecified atom stereocenters. The van der Waals surface area contributed by atoms with Crippen LogP contribution in [0.1, 0.15) is 49.8 Å². The van der Waals surface area contributed by atoms with Crippen LogP contribution in [0.15, 0.2) is 18.9 Å². The molecule has 0 aromatic carbocycles. The Bertz CT molecular complexity index is 536. The molecule has 0 fully saturated rings. The molecular formula is C14H20N4. The summed E-state index contributed by atoms with van der Waals surface area (Å²) < 4.78 is 4.53. The van der Waals surface area contributed by atoms with Crippen molar-refractivity contribution in [3.8, 4) is 0 Å². The van der Waals surface area contributed by atoms with E-state index in [0.29, 0.717) is 6.04 Å². The minimum Gasteiger partial charge on any atom is -0.330 e. The summed E-state index contributed by atoms with van der Waals surface area (Å²) in [6, 6.07) is 0.460. The van der Waals surface area contributed by atoms with Crippen LogP contribution < -0.4 is 0 Å². The van der Waals surface area contributed by atoms with Crippen molar-refractivity contribution in [3.63, 3.8) is 0 Å². The Hall–Kier alpha value is -1.58. The summed E-state index contributed by atoms with van der Waals surface area (Å²) >= 11 is 0. The Kier molecular flexibility index (Phi) is 2.94. The highest BCUT2D eigenvalue weighted by molar-refractivity contribution is 5.18. The van der Waals surface area contributed by atoms with Gasteiger partial charge in [-0.2, -0.15) is 0 Å². The smallest absolute Gasteiger partial charge is 0.0955 e. The van der Waals surface area contributed by atoms with Crippen molar-refractivity contribution in [2.24, 2.45) is 0 Å². The van der Waals surface area contributed by atoms with E-state index in [-0.39, 0.29) is 0 Å². The highest BCUT2D eigenvalue weighted by atomic mass is 15.1. The van der Waals surface area contributed by atoms with Gasteiger partial charge in [0.1, 0.15) is 0 Å². The molecule has 3 rings (SSSR count). The van der Waals surface area contributed by atoms with E-state index < -0.39 is 0 Å². The maximum atomic E-state index is 4.55. The molecule has 1 aliphatic rings. The third-order valence-electron chi connectivity index (χ3n) is 3.74. The van der Waals surface area contributed by atoms with Crippen LogP contribution in [0.3, 0.4) is 0 Å². The van der Waals surface area contributed by atoms with E-state index in [4.69, 9.17) is 0 Å². The van der Waals surface area contributed by atoms with Gasteiger partial charge in [-0.15, -0.1) is 0 Å². The standard InChI is InChI=1S/C14H20N4/c1-11(2)18-9-15-7-12(18)8-17-10-16-13-5-3-4-6-14(13)17/h7,9-11H,3-6,8H2,1-2H3. The molecule has 2 heterocycles. The highest BCUT2D eigenvalue weighted by Gasteiger charge is 2.16. The first kappa shape index (κ1) is 11.5. The normalized spacial score (nSPS) is 15.1. The average molecular weight is 244 g/mol. The lowest BCUT2D eigenvalue weighted by molar-refractivity contribution is 0.551. The summed E-state index contributed by atoms with van der Waals surface area (Å²) in [5, 5.41) is 0. The molecule has 2 aromatic heterocycles. The van der Waals surface area contributed by atoms with E-state index in [1.807, 2.05) is 18.9 Å². The molecule has 0 saturated heterocycles. The van der Waals surface area contributed by atoms with E-state index in [2.05, 4.69) is 32.9 Å². The molecule has 0 spiro atoms. The minimum absolute atomic E-state index is 0.460. The first-order valence-corrected chi connectivity index (χ1v) is 6.79. The van der Waals surface area contributed by atoms with Crippen LogP contribution in [0.5, 0.6) is 0 Å². The fourth-order valence-electron chi connectivity index (χ4n) is 2.76. The largest absolute Gasteiger partial charge is 0.330 e. The van der Waals surface area contributed by atoms with Crippen LogP contribution in [0.2, 0.25) is 0 Å². The van der Waals surface area contributed by atoms with Gasteiger partial charge in [0.25, 0.3) is 0 Å². The maximum absolute atomic E-state index is 4.55. The SMILES string of the molecule is CC(C)n1cncc1Cn1cnc2c1CCCC2. The van der Waals surface area contributed by atoms with Crippen molar-refractivity contribution in [1.29, 1.82) is 0 Å². The first-order chi connectivity index (χ1) is 8.75. The minimum atomic E-state index is 0.460. The summed E-state index contributed by atoms with van der Waals surface area (Å²) in [7, 11) is 0. The summed E-state index contributed by atoms with van der Waals surface area (Å²) in [5.74, 6) is 0. The molecule has 1 aliphatic carbocycles. The molecule has 96 valence electrons. The molecule has 18 heavy (non-hydrogen) atoms. The zero-order chi connectivity index (χ0) is 12.5. The third-order valence-corrected chi connectivity index (χ3v) is 3.74. The topological polar surface area (TPSA) is 35.6 Å².